The van der Waals surface area contributed by atoms with Crippen LogP contribution in [0.2, 0.25) is 0 Å². The van der Waals surface area contributed by atoms with Gasteiger partial charge in [-0.1, -0.05) is 79.4 Å². The SMILES string of the molecule is CCCCN(C)CCCC(C)(CCCN(C)CCCC)c1cc(C)c(O)c(C=NC2CCCCC2N=Cc2cc(C(C)(C)C)cc(C)c2O)c1. The van der Waals surface area contributed by atoms with Crippen molar-refractivity contribution >= 4 is 12.4 Å². The van der Waals surface area contributed by atoms with E-state index in [1.807, 2.05) is 26.3 Å². The van der Waals surface area contributed by atoms with Crippen molar-refractivity contribution in [2.75, 3.05) is 40.3 Å². The van der Waals surface area contributed by atoms with Crippen LogP contribution in [0.15, 0.2) is 34.3 Å². The van der Waals surface area contributed by atoms with Crippen LogP contribution < -0.4 is 0 Å². The molecule has 2 aromatic carbocycles. The van der Waals surface area contributed by atoms with E-state index in [-0.39, 0.29) is 22.9 Å². The summed E-state index contributed by atoms with van der Waals surface area (Å²) in [5.74, 6) is 0.631. The van der Waals surface area contributed by atoms with Crippen molar-refractivity contribution in [2.24, 2.45) is 9.98 Å². The minimum Gasteiger partial charge on any atom is -0.507 e. The summed E-state index contributed by atoms with van der Waals surface area (Å²) in [4.78, 5) is 15.1. The predicted octanol–water partition coefficient (Wildman–Crippen LogP) is 10.1. The van der Waals surface area contributed by atoms with Gasteiger partial charge < -0.3 is 20.0 Å². The molecule has 2 atom stereocenters. The number of benzene rings is 2. The van der Waals surface area contributed by atoms with Crippen LogP contribution in [0, 0.1) is 13.8 Å². The zero-order valence-corrected chi connectivity index (χ0v) is 33.6. The van der Waals surface area contributed by atoms with Gasteiger partial charge >= 0.3 is 0 Å². The third-order valence-corrected chi connectivity index (χ3v) is 11.1. The van der Waals surface area contributed by atoms with E-state index in [1.54, 1.807) is 0 Å². The molecule has 1 fully saturated rings. The molecule has 6 heteroatoms. The van der Waals surface area contributed by atoms with E-state index in [4.69, 9.17) is 9.98 Å². The summed E-state index contributed by atoms with van der Waals surface area (Å²) >= 11 is 0. The van der Waals surface area contributed by atoms with Crippen LogP contribution in [0.4, 0.5) is 0 Å². The van der Waals surface area contributed by atoms with E-state index in [0.29, 0.717) is 11.5 Å². The molecule has 3 rings (SSSR count). The number of rotatable bonds is 19. The molecule has 1 saturated carbocycles. The van der Waals surface area contributed by atoms with Gasteiger partial charge in [-0.05, 0) is 151 Å². The first-order valence-corrected chi connectivity index (χ1v) is 19.8. The van der Waals surface area contributed by atoms with E-state index >= 15 is 0 Å². The van der Waals surface area contributed by atoms with Crippen molar-refractivity contribution in [2.45, 2.75) is 155 Å². The Morgan fingerprint density at radius 1 is 0.660 bits per heavy atom. The Morgan fingerprint density at radius 3 is 1.48 bits per heavy atom. The molecule has 50 heavy (non-hydrogen) atoms. The van der Waals surface area contributed by atoms with E-state index in [2.05, 4.69) is 89.7 Å². The number of nitrogens with zero attached hydrogens (tertiary/aromatic N) is 4. The highest BCUT2D eigenvalue weighted by Gasteiger charge is 2.29. The second-order valence-corrected chi connectivity index (χ2v) is 16.8. The maximum absolute atomic E-state index is 11.3. The van der Waals surface area contributed by atoms with Gasteiger partial charge in [0.1, 0.15) is 11.5 Å². The first kappa shape index (κ1) is 41.7. The Hall–Kier alpha value is -2.70. The topological polar surface area (TPSA) is 71.7 Å². The summed E-state index contributed by atoms with van der Waals surface area (Å²) in [5, 5.41) is 22.1. The number of hydrogen-bond donors (Lipinski definition) is 2. The molecule has 0 amide bonds. The molecule has 0 spiro atoms. The highest BCUT2D eigenvalue weighted by Crippen LogP contribution is 2.38. The van der Waals surface area contributed by atoms with Crippen LogP contribution in [-0.4, -0.2) is 84.8 Å². The van der Waals surface area contributed by atoms with Gasteiger partial charge in [0.25, 0.3) is 0 Å². The number of phenols is 2. The molecule has 1 aliphatic rings. The molecule has 280 valence electrons. The average molecular weight is 689 g/mol. The largest absolute Gasteiger partial charge is 0.507 e. The zero-order chi connectivity index (χ0) is 36.9. The summed E-state index contributed by atoms with van der Waals surface area (Å²) in [6.45, 7) is 22.1. The number of unbranched alkanes of at least 4 members (excludes halogenated alkanes) is 2. The standard InChI is InChI=1S/C44H72N4O2/c1-11-13-23-47(9)25-17-21-44(8,22-18-26-48(10)24-14-12-2)38-28-34(4)42(50)36(30-38)32-46-40-20-16-15-19-39(40)45-31-35-29-37(43(5,6)7)27-33(3)41(35)49/h27-32,39-40,49-50H,11-26H2,1-10H3. The van der Waals surface area contributed by atoms with Gasteiger partial charge in [-0.15, -0.1) is 0 Å². The quantitative estimate of drug-likeness (QED) is 0.144. The van der Waals surface area contributed by atoms with Gasteiger partial charge in [0, 0.05) is 23.6 Å². The molecule has 0 aromatic heterocycles. The van der Waals surface area contributed by atoms with Crippen molar-refractivity contribution in [1.82, 2.24) is 9.80 Å². The molecule has 2 unspecified atom stereocenters. The first-order chi connectivity index (χ1) is 23.7. The summed E-state index contributed by atoms with van der Waals surface area (Å²) in [7, 11) is 4.51. The van der Waals surface area contributed by atoms with Gasteiger partial charge in [-0.25, -0.2) is 0 Å². The highest BCUT2D eigenvalue weighted by molar-refractivity contribution is 5.86. The monoisotopic (exact) mass is 689 g/mol. The van der Waals surface area contributed by atoms with Gasteiger partial charge in [0.2, 0.25) is 0 Å². The maximum Gasteiger partial charge on any atom is 0.127 e. The van der Waals surface area contributed by atoms with Crippen molar-refractivity contribution in [3.63, 3.8) is 0 Å². The molecular weight excluding hydrogens is 617 g/mol. The number of aromatic hydroxyl groups is 2. The average Bonchev–Trinajstić information content (AvgIpc) is 3.07. The van der Waals surface area contributed by atoms with Gasteiger partial charge in [-0.2, -0.15) is 0 Å². The van der Waals surface area contributed by atoms with Crippen molar-refractivity contribution in [3.05, 3.63) is 57.6 Å². The highest BCUT2D eigenvalue weighted by atomic mass is 16.3. The smallest absolute Gasteiger partial charge is 0.127 e. The Balaban J connectivity index is 1.86. The van der Waals surface area contributed by atoms with E-state index in [0.717, 1.165) is 99.8 Å². The molecule has 1 aliphatic carbocycles. The van der Waals surface area contributed by atoms with Crippen LogP contribution in [0.25, 0.3) is 0 Å². The normalized spacial score (nSPS) is 17.6. The fourth-order valence-corrected chi connectivity index (χ4v) is 7.36. The lowest BCUT2D eigenvalue weighted by Gasteiger charge is -2.33. The van der Waals surface area contributed by atoms with Crippen LogP contribution in [-0.2, 0) is 10.8 Å². The van der Waals surface area contributed by atoms with Crippen LogP contribution in [0.3, 0.4) is 0 Å². The van der Waals surface area contributed by atoms with E-state index in [9.17, 15) is 10.2 Å². The Morgan fingerprint density at radius 2 is 1.06 bits per heavy atom. The molecular formula is C44H72N4O2. The second-order valence-electron chi connectivity index (χ2n) is 16.8. The predicted molar refractivity (Wildman–Crippen MR) is 216 cm³/mol. The molecule has 0 saturated heterocycles. The second kappa shape index (κ2) is 19.8. The molecule has 2 N–H and O–H groups in total. The fraction of sp³-hybridized carbons (Fsp3) is 0.682. The molecule has 0 bridgehead atoms. The number of aryl methyl sites for hydroxylation is 2. The Bertz CT molecular complexity index is 1370. The Labute approximate surface area is 306 Å². The third kappa shape index (κ3) is 12.5. The molecule has 0 radical (unpaired) electrons. The van der Waals surface area contributed by atoms with E-state index < -0.39 is 0 Å². The number of aliphatic imine (C=N–C) groups is 2. The van der Waals surface area contributed by atoms with Crippen LogP contribution in [0.1, 0.15) is 152 Å². The lowest BCUT2D eigenvalue weighted by molar-refractivity contribution is 0.273. The van der Waals surface area contributed by atoms with Crippen molar-refractivity contribution < 1.29 is 10.2 Å². The summed E-state index contributed by atoms with van der Waals surface area (Å²) in [6, 6.07) is 8.68. The molecule has 0 aliphatic heterocycles. The first-order valence-electron chi connectivity index (χ1n) is 19.8. The summed E-state index contributed by atoms with van der Waals surface area (Å²) in [5.41, 5.74) is 5.88. The number of phenolic OH excluding ortho intramolecular Hbond substituents is 2. The van der Waals surface area contributed by atoms with Crippen molar-refractivity contribution in [3.8, 4) is 11.5 Å². The zero-order valence-electron chi connectivity index (χ0n) is 33.6. The molecule has 6 nitrogen and oxygen atoms in total. The fourth-order valence-electron chi connectivity index (χ4n) is 7.36. The minimum absolute atomic E-state index is 0.0115. The van der Waals surface area contributed by atoms with E-state index in [1.165, 1.54) is 36.8 Å². The summed E-state index contributed by atoms with van der Waals surface area (Å²) < 4.78 is 0. The van der Waals surface area contributed by atoms with Crippen molar-refractivity contribution in [1.29, 1.82) is 0 Å². The van der Waals surface area contributed by atoms with Gasteiger partial charge in [0.05, 0.1) is 12.1 Å². The number of hydrogen-bond acceptors (Lipinski definition) is 6. The molecule has 2 aromatic rings. The lowest BCUT2D eigenvalue weighted by Crippen LogP contribution is -2.28. The minimum atomic E-state index is -0.0145. The van der Waals surface area contributed by atoms with Crippen LogP contribution >= 0.6 is 0 Å². The third-order valence-electron chi connectivity index (χ3n) is 11.1. The maximum atomic E-state index is 11.3. The molecule has 0 heterocycles. The van der Waals surface area contributed by atoms with Crippen LogP contribution in [0.5, 0.6) is 11.5 Å². The van der Waals surface area contributed by atoms with Gasteiger partial charge in [-0.3, -0.25) is 9.98 Å². The Kier molecular flexibility index (Phi) is 16.5. The lowest BCUT2D eigenvalue weighted by atomic mass is 9.74. The summed E-state index contributed by atoms with van der Waals surface area (Å²) in [6.07, 6.45) is 17.5. The van der Waals surface area contributed by atoms with Gasteiger partial charge in [0.15, 0.2) is 0 Å².